The highest BCUT2D eigenvalue weighted by molar-refractivity contribution is 7.98. The summed E-state index contributed by atoms with van der Waals surface area (Å²) in [7, 11) is 0. The summed E-state index contributed by atoms with van der Waals surface area (Å²) >= 11 is 1.74. The summed E-state index contributed by atoms with van der Waals surface area (Å²) in [6.07, 6.45) is 6.19. The predicted molar refractivity (Wildman–Crippen MR) is 119 cm³/mol. The Kier molecular flexibility index (Phi) is 6.60. The molecule has 0 bridgehead atoms. The second-order valence-electron chi connectivity index (χ2n) is 7.27. The molecule has 1 N–H and O–H groups in total. The third-order valence-electron chi connectivity index (χ3n) is 5.10. The Labute approximate surface area is 176 Å². The zero-order chi connectivity index (χ0) is 19.9. The highest BCUT2D eigenvalue weighted by atomic mass is 32.2. The van der Waals surface area contributed by atoms with E-state index in [1.807, 2.05) is 54.7 Å². The van der Waals surface area contributed by atoms with Crippen molar-refractivity contribution in [2.75, 3.05) is 18.4 Å². The molecular weight excluding hydrogens is 378 g/mol. The van der Waals surface area contributed by atoms with Gasteiger partial charge in [0.05, 0.1) is 0 Å². The summed E-state index contributed by atoms with van der Waals surface area (Å²) in [5, 5.41) is 3.10. The zero-order valence-electron chi connectivity index (χ0n) is 16.4. The maximum atomic E-state index is 12.8. The molecule has 0 saturated carbocycles. The van der Waals surface area contributed by atoms with E-state index in [1.165, 1.54) is 24.0 Å². The second-order valence-corrected chi connectivity index (χ2v) is 8.32. The number of thioether (sulfide) groups is 1. The first-order valence-corrected chi connectivity index (χ1v) is 11.0. The van der Waals surface area contributed by atoms with Crippen LogP contribution in [-0.2, 0) is 12.3 Å². The molecule has 3 aromatic rings. The van der Waals surface area contributed by atoms with Gasteiger partial charge in [0, 0.05) is 40.8 Å². The lowest BCUT2D eigenvalue weighted by molar-refractivity contribution is 0.102. The quantitative estimate of drug-likeness (QED) is 0.549. The van der Waals surface area contributed by atoms with E-state index in [0.717, 1.165) is 36.0 Å². The minimum absolute atomic E-state index is 0.0670. The number of pyridine rings is 1. The first-order chi connectivity index (χ1) is 14.3. The Hall–Kier alpha value is -2.63. The molecule has 4 nitrogen and oxygen atoms in total. The molecule has 1 aliphatic rings. The molecule has 4 rings (SSSR count). The molecule has 148 valence electrons. The summed E-state index contributed by atoms with van der Waals surface area (Å²) in [5.41, 5.74) is 3.94. The Balaban J connectivity index is 1.37. The molecule has 1 aromatic heterocycles. The van der Waals surface area contributed by atoms with E-state index in [1.54, 1.807) is 18.0 Å². The van der Waals surface area contributed by atoms with Crippen LogP contribution in [0.5, 0.6) is 0 Å². The lowest BCUT2D eigenvalue weighted by atomic mass is 10.1. The normalized spacial score (nSPS) is 14.1. The molecule has 1 saturated heterocycles. The monoisotopic (exact) mass is 403 g/mol. The van der Waals surface area contributed by atoms with Gasteiger partial charge in [0.15, 0.2) is 0 Å². The largest absolute Gasteiger partial charge is 0.322 e. The van der Waals surface area contributed by atoms with Crippen LogP contribution in [0.25, 0.3) is 0 Å². The number of nitrogens with zero attached hydrogens (tertiary/aromatic N) is 2. The van der Waals surface area contributed by atoms with Crippen molar-refractivity contribution >= 4 is 23.4 Å². The van der Waals surface area contributed by atoms with Gasteiger partial charge in [0.2, 0.25) is 0 Å². The molecule has 0 aliphatic carbocycles. The summed E-state index contributed by atoms with van der Waals surface area (Å²) in [6.45, 7) is 3.17. The van der Waals surface area contributed by atoms with Gasteiger partial charge in [-0.25, -0.2) is 0 Å². The molecule has 0 atom stereocenters. The lowest BCUT2D eigenvalue weighted by Crippen LogP contribution is -2.20. The number of rotatable bonds is 7. The fourth-order valence-electron chi connectivity index (χ4n) is 3.51. The number of benzene rings is 2. The third kappa shape index (κ3) is 5.46. The number of hydrogen-bond acceptors (Lipinski definition) is 4. The molecule has 5 heteroatoms. The van der Waals surface area contributed by atoms with Crippen LogP contribution in [0, 0.1) is 0 Å². The van der Waals surface area contributed by atoms with Crippen LogP contribution in [0.3, 0.4) is 0 Å². The number of anilines is 1. The number of nitrogens with one attached hydrogen (secondary N) is 1. The molecule has 29 heavy (non-hydrogen) atoms. The van der Waals surface area contributed by atoms with E-state index < -0.39 is 0 Å². The Morgan fingerprint density at radius 2 is 1.79 bits per heavy atom. The standard InChI is InChI=1S/C24H25N3OS/c28-24(26-23-8-2-1-7-21(23)17-27-14-3-4-15-27)20-9-11-22(12-10-20)29-18-19-6-5-13-25-16-19/h1-2,5-13,16H,3-4,14-15,17-18H2,(H,26,28). The maximum Gasteiger partial charge on any atom is 0.255 e. The van der Waals surface area contributed by atoms with Crippen LogP contribution in [0.2, 0.25) is 0 Å². The highest BCUT2D eigenvalue weighted by Gasteiger charge is 2.15. The first-order valence-electron chi connectivity index (χ1n) is 10.0. The molecule has 1 aliphatic heterocycles. The number of likely N-dealkylation sites (tertiary alicyclic amines) is 1. The van der Waals surface area contributed by atoms with Gasteiger partial charge < -0.3 is 5.32 Å². The summed E-state index contributed by atoms with van der Waals surface area (Å²) in [6, 6.07) is 19.9. The summed E-state index contributed by atoms with van der Waals surface area (Å²) < 4.78 is 0. The number of para-hydroxylation sites is 1. The van der Waals surface area contributed by atoms with E-state index >= 15 is 0 Å². The highest BCUT2D eigenvalue weighted by Crippen LogP contribution is 2.24. The second kappa shape index (κ2) is 9.72. The molecule has 1 fully saturated rings. The van der Waals surface area contributed by atoms with E-state index in [-0.39, 0.29) is 5.91 Å². The van der Waals surface area contributed by atoms with Crippen LogP contribution in [0.1, 0.15) is 34.3 Å². The first kappa shape index (κ1) is 19.7. The molecule has 0 spiro atoms. The van der Waals surface area contributed by atoms with Gasteiger partial charge in [-0.2, -0.15) is 0 Å². The Morgan fingerprint density at radius 1 is 1.00 bits per heavy atom. The molecule has 0 unspecified atom stereocenters. The van der Waals surface area contributed by atoms with Gasteiger partial charge in [-0.3, -0.25) is 14.7 Å². The van der Waals surface area contributed by atoms with Crippen molar-refractivity contribution in [3.05, 3.63) is 89.7 Å². The SMILES string of the molecule is O=C(Nc1ccccc1CN1CCCC1)c1ccc(SCc2cccnc2)cc1. The number of amides is 1. The van der Waals surface area contributed by atoms with Gasteiger partial charge in [-0.1, -0.05) is 24.3 Å². The van der Waals surface area contributed by atoms with Crippen LogP contribution in [0.15, 0.2) is 78.0 Å². The number of carbonyl (C=O) groups is 1. The Bertz CT molecular complexity index is 938. The smallest absolute Gasteiger partial charge is 0.255 e. The number of carbonyl (C=O) groups excluding carboxylic acids is 1. The fourth-order valence-corrected chi connectivity index (χ4v) is 4.34. The average Bonchev–Trinajstić information content (AvgIpc) is 3.28. The van der Waals surface area contributed by atoms with Gasteiger partial charge in [0.1, 0.15) is 0 Å². The predicted octanol–water partition coefficient (Wildman–Crippen LogP) is 5.22. The molecule has 2 aromatic carbocycles. The van der Waals surface area contributed by atoms with E-state index in [9.17, 15) is 4.79 Å². The van der Waals surface area contributed by atoms with E-state index in [0.29, 0.717) is 5.56 Å². The summed E-state index contributed by atoms with van der Waals surface area (Å²) in [5.74, 6) is 0.797. The van der Waals surface area contributed by atoms with E-state index in [4.69, 9.17) is 0 Å². The van der Waals surface area contributed by atoms with Crippen LogP contribution < -0.4 is 5.32 Å². The lowest BCUT2D eigenvalue weighted by Gasteiger charge is -2.18. The zero-order valence-corrected chi connectivity index (χ0v) is 17.2. The minimum atomic E-state index is -0.0670. The van der Waals surface area contributed by atoms with Crippen molar-refractivity contribution in [1.82, 2.24) is 9.88 Å². The van der Waals surface area contributed by atoms with Gasteiger partial charge in [-0.05, 0) is 73.5 Å². The number of hydrogen-bond donors (Lipinski definition) is 1. The van der Waals surface area contributed by atoms with Crippen molar-refractivity contribution in [3.63, 3.8) is 0 Å². The molecular formula is C24H25N3OS. The number of aromatic nitrogens is 1. The topological polar surface area (TPSA) is 45.2 Å². The van der Waals surface area contributed by atoms with Crippen LogP contribution >= 0.6 is 11.8 Å². The van der Waals surface area contributed by atoms with Gasteiger partial charge in [0.25, 0.3) is 5.91 Å². The fraction of sp³-hybridized carbons (Fsp3) is 0.250. The van der Waals surface area contributed by atoms with Crippen molar-refractivity contribution in [2.45, 2.75) is 30.0 Å². The van der Waals surface area contributed by atoms with E-state index in [2.05, 4.69) is 27.3 Å². The molecule has 0 radical (unpaired) electrons. The van der Waals surface area contributed by atoms with Crippen molar-refractivity contribution < 1.29 is 4.79 Å². The minimum Gasteiger partial charge on any atom is -0.322 e. The van der Waals surface area contributed by atoms with Gasteiger partial charge in [-0.15, -0.1) is 11.8 Å². The average molecular weight is 404 g/mol. The third-order valence-corrected chi connectivity index (χ3v) is 6.19. The van der Waals surface area contributed by atoms with Gasteiger partial charge >= 0.3 is 0 Å². The summed E-state index contributed by atoms with van der Waals surface area (Å²) in [4.78, 5) is 20.5. The van der Waals surface area contributed by atoms with Crippen LogP contribution in [-0.4, -0.2) is 28.9 Å². The maximum absolute atomic E-state index is 12.8. The van der Waals surface area contributed by atoms with Crippen molar-refractivity contribution in [3.8, 4) is 0 Å². The molecule has 2 heterocycles. The van der Waals surface area contributed by atoms with Crippen LogP contribution in [0.4, 0.5) is 5.69 Å². The van der Waals surface area contributed by atoms with Crippen molar-refractivity contribution in [1.29, 1.82) is 0 Å². The Morgan fingerprint density at radius 3 is 2.55 bits per heavy atom. The molecule has 1 amide bonds. The van der Waals surface area contributed by atoms with Crippen molar-refractivity contribution in [2.24, 2.45) is 0 Å².